The molecule has 0 unspecified atom stereocenters. The Balaban J connectivity index is 5.49. The van der Waals surface area contributed by atoms with E-state index in [0.29, 0.717) is 0 Å². The summed E-state index contributed by atoms with van der Waals surface area (Å²) in [6.07, 6.45) is -16.9. The Morgan fingerprint density at radius 2 is 0.833 bits per heavy atom. The minimum atomic E-state index is -7.04. The lowest BCUT2D eigenvalue weighted by Gasteiger charge is -2.23. The summed E-state index contributed by atoms with van der Waals surface area (Å²) >= 11 is 0. The minimum absolute atomic E-state index is 0.131. The second-order valence-electron chi connectivity index (χ2n) is 3.70. The van der Waals surface area contributed by atoms with Crippen molar-refractivity contribution < 1.29 is 69.1 Å². The van der Waals surface area contributed by atoms with E-state index < -0.39 is 49.4 Å². The molecule has 0 atom stereocenters. The van der Waals surface area contributed by atoms with Gasteiger partial charge in [0.05, 0.1) is 0 Å². The van der Waals surface area contributed by atoms with Gasteiger partial charge in [-0.05, 0) is 6.92 Å². The maximum Gasteiger partial charge on any atom is 0.472 e. The van der Waals surface area contributed by atoms with Crippen LogP contribution in [0.2, 0.25) is 0 Å². The molecule has 0 aromatic rings. The van der Waals surface area contributed by atoms with E-state index in [1.54, 1.807) is 0 Å². The molecule has 0 saturated carbocycles. The van der Waals surface area contributed by atoms with Gasteiger partial charge in [0, 0.05) is 0 Å². The molecule has 0 aromatic heterocycles. The van der Waals surface area contributed by atoms with Crippen LogP contribution in [0.25, 0.3) is 0 Å². The maximum absolute atomic E-state index is 12.6. The molecule has 0 amide bonds. The van der Waals surface area contributed by atoms with Crippen molar-refractivity contribution in [1.29, 1.82) is 0 Å². The lowest BCUT2D eigenvalue weighted by atomic mass is 10.7. The Labute approximate surface area is 126 Å². The fourth-order valence-corrected chi connectivity index (χ4v) is 2.43. The van der Waals surface area contributed by atoms with Crippen LogP contribution in [0.4, 0.5) is 43.9 Å². The first-order chi connectivity index (χ1) is 10.1. The zero-order valence-corrected chi connectivity index (χ0v) is 12.3. The van der Waals surface area contributed by atoms with Crippen LogP contribution < -0.4 is 0 Å². The standard InChI is InChI=1S/C6H4F10O6S2/c1-2(21-23(17,18)5(13,14)3(7,8)9)22-24(19,20)6(15,16)4(10,11)12/h2H,1H3. The predicted molar refractivity (Wildman–Crippen MR) is 51.5 cm³/mol. The normalized spacial score (nSPS) is 15.8. The Morgan fingerprint density at radius 1 is 0.625 bits per heavy atom. The molecule has 24 heavy (non-hydrogen) atoms. The molecule has 6 nitrogen and oxygen atoms in total. The van der Waals surface area contributed by atoms with Crippen LogP contribution in [0.1, 0.15) is 6.92 Å². The van der Waals surface area contributed by atoms with E-state index in [0.717, 1.165) is 0 Å². The number of hydrogen-bond acceptors (Lipinski definition) is 6. The van der Waals surface area contributed by atoms with Gasteiger partial charge in [0.15, 0.2) is 6.29 Å². The third-order valence-electron chi connectivity index (χ3n) is 1.81. The van der Waals surface area contributed by atoms with Crippen molar-refractivity contribution in [3.63, 3.8) is 0 Å². The van der Waals surface area contributed by atoms with Crippen molar-refractivity contribution in [1.82, 2.24) is 0 Å². The van der Waals surface area contributed by atoms with Crippen molar-refractivity contribution in [3.8, 4) is 0 Å². The minimum Gasteiger partial charge on any atom is -0.232 e. The molecule has 0 fully saturated rings. The van der Waals surface area contributed by atoms with E-state index in [4.69, 9.17) is 0 Å². The molecule has 0 heterocycles. The largest absolute Gasteiger partial charge is 0.472 e. The van der Waals surface area contributed by atoms with Crippen LogP contribution in [-0.4, -0.2) is 46.0 Å². The quantitative estimate of drug-likeness (QED) is 0.368. The van der Waals surface area contributed by atoms with Crippen LogP contribution >= 0.6 is 0 Å². The highest BCUT2D eigenvalue weighted by atomic mass is 32.2. The van der Waals surface area contributed by atoms with Crippen molar-refractivity contribution >= 4 is 20.2 Å². The van der Waals surface area contributed by atoms with Crippen LogP contribution in [0, 0.1) is 0 Å². The zero-order valence-electron chi connectivity index (χ0n) is 10.6. The molecular formula is C6H4F10O6S2. The van der Waals surface area contributed by atoms with Gasteiger partial charge < -0.3 is 0 Å². The maximum atomic E-state index is 12.6. The molecule has 0 aromatic carbocycles. The average molecular weight is 426 g/mol. The molecular weight excluding hydrogens is 422 g/mol. The Kier molecular flexibility index (Phi) is 5.91. The number of alkyl halides is 10. The second kappa shape index (κ2) is 6.13. The molecule has 0 aliphatic rings. The van der Waals surface area contributed by atoms with Crippen molar-refractivity contribution in [2.45, 2.75) is 36.1 Å². The summed E-state index contributed by atoms with van der Waals surface area (Å²) < 4.78 is 170. The average Bonchev–Trinajstić information content (AvgIpc) is 2.22. The lowest BCUT2D eigenvalue weighted by molar-refractivity contribution is -0.247. The summed E-state index contributed by atoms with van der Waals surface area (Å²) in [6, 6.07) is 0. The topological polar surface area (TPSA) is 86.7 Å². The third kappa shape index (κ3) is 4.20. The fraction of sp³-hybridized carbons (Fsp3) is 1.00. The molecule has 146 valence electrons. The second-order valence-corrected chi connectivity index (χ2v) is 6.92. The molecule has 0 bridgehead atoms. The van der Waals surface area contributed by atoms with Gasteiger partial charge in [-0.1, -0.05) is 0 Å². The molecule has 0 radical (unpaired) electrons. The summed E-state index contributed by atoms with van der Waals surface area (Å²) in [7, 11) is -14.1. The SMILES string of the molecule is CC(OS(=O)(=O)C(F)(F)C(F)(F)F)OS(=O)(=O)C(F)(F)C(F)(F)F. The first-order valence-corrected chi connectivity index (χ1v) is 7.66. The van der Waals surface area contributed by atoms with Crippen LogP contribution in [0.5, 0.6) is 0 Å². The molecule has 0 aliphatic carbocycles. The number of rotatable bonds is 6. The molecule has 0 rings (SSSR count). The van der Waals surface area contributed by atoms with Gasteiger partial charge in [-0.15, -0.1) is 0 Å². The molecule has 0 N–H and O–H groups in total. The van der Waals surface area contributed by atoms with E-state index in [2.05, 4.69) is 8.37 Å². The van der Waals surface area contributed by atoms with E-state index >= 15 is 0 Å². The van der Waals surface area contributed by atoms with E-state index in [-0.39, 0.29) is 6.92 Å². The molecule has 0 saturated heterocycles. The van der Waals surface area contributed by atoms with Crippen molar-refractivity contribution in [3.05, 3.63) is 0 Å². The van der Waals surface area contributed by atoms with E-state index in [1.807, 2.05) is 0 Å². The van der Waals surface area contributed by atoms with Crippen LogP contribution in [-0.2, 0) is 28.6 Å². The molecule has 18 heteroatoms. The lowest BCUT2D eigenvalue weighted by Crippen LogP contribution is -2.48. The summed E-state index contributed by atoms with van der Waals surface area (Å²) in [5.74, 6) is 0. The fourth-order valence-electron chi connectivity index (χ4n) is 0.777. The Morgan fingerprint density at radius 3 is 1.00 bits per heavy atom. The van der Waals surface area contributed by atoms with Gasteiger partial charge in [-0.2, -0.15) is 60.7 Å². The van der Waals surface area contributed by atoms with Gasteiger partial charge in [-0.3, -0.25) is 0 Å². The monoisotopic (exact) mass is 426 g/mol. The predicted octanol–water partition coefficient (Wildman–Crippen LogP) is 2.34. The van der Waals surface area contributed by atoms with E-state index in [9.17, 15) is 60.7 Å². The highest BCUT2D eigenvalue weighted by Crippen LogP contribution is 2.43. The molecule has 0 spiro atoms. The summed E-state index contributed by atoms with van der Waals surface area (Å²) in [5, 5.41) is -13.3. The number of halogens is 10. The first kappa shape index (κ1) is 23.1. The summed E-state index contributed by atoms with van der Waals surface area (Å²) in [5.41, 5.74) is 0. The Bertz CT molecular complexity index is 601. The zero-order chi connectivity index (χ0) is 20.0. The van der Waals surface area contributed by atoms with Crippen LogP contribution in [0.3, 0.4) is 0 Å². The van der Waals surface area contributed by atoms with Gasteiger partial charge in [0.1, 0.15) is 0 Å². The highest BCUT2D eigenvalue weighted by Gasteiger charge is 2.70. The van der Waals surface area contributed by atoms with E-state index in [1.165, 1.54) is 0 Å². The highest BCUT2D eigenvalue weighted by molar-refractivity contribution is 7.88. The smallest absolute Gasteiger partial charge is 0.232 e. The van der Waals surface area contributed by atoms with Gasteiger partial charge in [-0.25, -0.2) is 8.37 Å². The van der Waals surface area contributed by atoms with Gasteiger partial charge in [0.25, 0.3) is 0 Å². The third-order valence-corrected chi connectivity index (χ3v) is 4.58. The summed E-state index contributed by atoms with van der Waals surface area (Å²) in [6.45, 7) is -0.131. The first-order valence-electron chi connectivity index (χ1n) is 4.85. The van der Waals surface area contributed by atoms with Gasteiger partial charge in [0.2, 0.25) is 0 Å². The van der Waals surface area contributed by atoms with Crippen molar-refractivity contribution in [2.24, 2.45) is 0 Å². The summed E-state index contributed by atoms with van der Waals surface area (Å²) in [4.78, 5) is 0. The van der Waals surface area contributed by atoms with Gasteiger partial charge >= 0.3 is 43.1 Å². The number of hydrogen-bond donors (Lipinski definition) is 0. The molecule has 0 aliphatic heterocycles. The van der Waals surface area contributed by atoms with Crippen molar-refractivity contribution in [2.75, 3.05) is 0 Å². The Hall–Kier alpha value is -0.880. The van der Waals surface area contributed by atoms with Crippen LogP contribution in [0.15, 0.2) is 0 Å².